The van der Waals surface area contributed by atoms with Crippen LogP contribution in [-0.2, 0) is 0 Å². The molecule has 1 N–H and O–H groups in total. The van der Waals surface area contributed by atoms with E-state index < -0.39 is 0 Å². The van der Waals surface area contributed by atoms with Gasteiger partial charge in [0.15, 0.2) is 5.82 Å². The largest absolute Gasteiger partial charge is 0.373 e. The molecule has 0 aliphatic rings. The Hall–Kier alpha value is -1.07. The number of hydrogen-bond acceptors (Lipinski definition) is 3. The summed E-state index contributed by atoms with van der Waals surface area (Å²) in [5.41, 5.74) is 0. The zero-order chi connectivity index (χ0) is 10.8. The van der Waals surface area contributed by atoms with Crippen molar-refractivity contribution in [1.29, 1.82) is 0 Å². The lowest BCUT2D eigenvalue weighted by Gasteiger charge is -2.06. The monoisotopic (exact) mass is 286 g/mol. The van der Waals surface area contributed by atoms with Crippen molar-refractivity contribution < 1.29 is 0 Å². The van der Waals surface area contributed by atoms with Crippen LogP contribution in [0.5, 0.6) is 0 Å². The molecule has 0 saturated heterocycles. The van der Waals surface area contributed by atoms with E-state index in [4.69, 9.17) is 11.6 Å². The highest BCUT2D eigenvalue weighted by atomic mass is 79.9. The molecular formula is C9H8BrClN4. The molecule has 0 unspecified atom stereocenters. The molecule has 0 bridgehead atoms. The lowest BCUT2D eigenvalue weighted by Crippen LogP contribution is -2.04. The third-order valence-corrected chi connectivity index (χ3v) is 2.56. The first-order valence-corrected chi connectivity index (χ1v) is 5.43. The molecule has 0 aliphatic heterocycles. The van der Waals surface area contributed by atoms with Gasteiger partial charge in [-0.2, -0.15) is 9.78 Å². The second kappa shape index (κ2) is 4.20. The number of anilines is 1. The van der Waals surface area contributed by atoms with Gasteiger partial charge in [-0.15, -0.1) is 0 Å². The van der Waals surface area contributed by atoms with E-state index in [1.54, 1.807) is 23.0 Å². The van der Waals surface area contributed by atoms with E-state index in [0.29, 0.717) is 10.8 Å². The van der Waals surface area contributed by atoms with Gasteiger partial charge in [0, 0.05) is 19.3 Å². The number of pyridine rings is 1. The van der Waals surface area contributed by atoms with E-state index >= 15 is 0 Å². The van der Waals surface area contributed by atoms with Gasteiger partial charge >= 0.3 is 0 Å². The van der Waals surface area contributed by atoms with Crippen molar-refractivity contribution in [2.24, 2.45) is 0 Å². The topological polar surface area (TPSA) is 42.7 Å². The highest BCUT2D eigenvalue weighted by molar-refractivity contribution is 9.10. The van der Waals surface area contributed by atoms with Gasteiger partial charge < -0.3 is 5.32 Å². The van der Waals surface area contributed by atoms with Gasteiger partial charge in [-0.25, -0.2) is 4.98 Å². The van der Waals surface area contributed by atoms with Gasteiger partial charge in [0.2, 0.25) is 0 Å². The molecule has 15 heavy (non-hydrogen) atoms. The Morgan fingerprint density at radius 3 is 3.00 bits per heavy atom. The Morgan fingerprint density at radius 1 is 1.53 bits per heavy atom. The van der Waals surface area contributed by atoms with Crippen molar-refractivity contribution in [2.75, 3.05) is 12.4 Å². The molecule has 0 amide bonds. The molecule has 2 aromatic heterocycles. The molecular weight excluding hydrogens is 279 g/mol. The summed E-state index contributed by atoms with van der Waals surface area (Å²) in [5.74, 6) is 1.43. The first-order chi connectivity index (χ1) is 7.22. The van der Waals surface area contributed by atoms with Crippen molar-refractivity contribution in [3.05, 3.63) is 34.0 Å². The third-order valence-electron chi connectivity index (χ3n) is 1.88. The van der Waals surface area contributed by atoms with Crippen LogP contribution in [-0.4, -0.2) is 21.8 Å². The van der Waals surface area contributed by atoms with Gasteiger partial charge in [0.05, 0.1) is 5.02 Å². The maximum Gasteiger partial charge on any atom is 0.174 e. The standard InChI is InChI=1S/C9H8BrClN4/c1-12-8-5-7(10)14-15(8)9-6(11)3-2-4-13-9/h2-5,12H,1H3. The molecule has 4 nitrogen and oxygen atoms in total. The van der Waals surface area contributed by atoms with Crippen molar-refractivity contribution in [3.63, 3.8) is 0 Å². The Balaban J connectivity index is 2.58. The minimum absolute atomic E-state index is 0.560. The normalized spacial score (nSPS) is 10.3. The maximum absolute atomic E-state index is 6.03. The predicted molar refractivity (Wildman–Crippen MR) is 63.6 cm³/mol. The third kappa shape index (κ3) is 1.98. The Labute approximate surface area is 100 Å². The van der Waals surface area contributed by atoms with Gasteiger partial charge in [0.25, 0.3) is 0 Å². The minimum atomic E-state index is 0.560. The molecule has 0 radical (unpaired) electrons. The van der Waals surface area contributed by atoms with Gasteiger partial charge in [-0.1, -0.05) is 11.6 Å². The van der Waals surface area contributed by atoms with Crippen molar-refractivity contribution >= 4 is 33.3 Å². The average Bonchev–Trinajstić information content (AvgIpc) is 2.60. The fourth-order valence-corrected chi connectivity index (χ4v) is 1.80. The van der Waals surface area contributed by atoms with Crippen LogP contribution < -0.4 is 5.32 Å². The second-order valence-corrected chi connectivity index (χ2v) is 4.04. The molecule has 6 heteroatoms. The average molecular weight is 288 g/mol. The van der Waals surface area contributed by atoms with E-state index in [0.717, 1.165) is 10.4 Å². The molecule has 0 aliphatic carbocycles. The first-order valence-electron chi connectivity index (χ1n) is 4.26. The van der Waals surface area contributed by atoms with Crippen LogP contribution in [0.1, 0.15) is 0 Å². The Kier molecular flexibility index (Phi) is 2.93. The Bertz CT molecular complexity index is 483. The van der Waals surface area contributed by atoms with Gasteiger partial charge in [0.1, 0.15) is 10.4 Å². The number of rotatable bonds is 2. The predicted octanol–water partition coefficient (Wildman–Crippen LogP) is 2.72. The summed E-state index contributed by atoms with van der Waals surface area (Å²) in [5, 5.41) is 7.81. The van der Waals surface area contributed by atoms with E-state index in [2.05, 4.69) is 31.3 Å². The number of hydrogen-bond donors (Lipinski definition) is 1. The van der Waals surface area contributed by atoms with Crippen LogP contribution in [0.2, 0.25) is 5.02 Å². The lowest BCUT2D eigenvalue weighted by molar-refractivity contribution is 0.844. The quantitative estimate of drug-likeness (QED) is 0.923. The van der Waals surface area contributed by atoms with Crippen LogP contribution in [0.15, 0.2) is 29.0 Å². The summed E-state index contributed by atoms with van der Waals surface area (Å²) >= 11 is 9.33. The van der Waals surface area contributed by atoms with Crippen molar-refractivity contribution in [2.45, 2.75) is 0 Å². The highest BCUT2D eigenvalue weighted by Crippen LogP contribution is 2.23. The Morgan fingerprint density at radius 2 is 2.33 bits per heavy atom. The SMILES string of the molecule is CNc1cc(Br)nn1-c1ncccc1Cl. The van der Waals surface area contributed by atoms with Crippen LogP contribution >= 0.6 is 27.5 Å². The maximum atomic E-state index is 6.03. The van der Waals surface area contributed by atoms with Crippen molar-refractivity contribution in [1.82, 2.24) is 14.8 Å². The molecule has 0 aromatic carbocycles. The summed E-state index contributed by atoms with van der Waals surface area (Å²) in [6, 6.07) is 5.41. The smallest absolute Gasteiger partial charge is 0.174 e. The van der Waals surface area contributed by atoms with Crippen LogP contribution in [0, 0.1) is 0 Å². The molecule has 0 atom stereocenters. The molecule has 0 spiro atoms. The molecule has 78 valence electrons. The number of aromatic nitrogens is 3. The zero-order valence-electron chi connectivity index (χ0n) is 7.91. The molecule has 2 heterocycles. The van der Waals surface area contributed by atoms with Gasteiger partial charge in [-0.05, 0) is 28.1 Å². The van der Waals surface area contributed by atoms with Crippen LogP contribution in [0.3, 0.4) is 0 Å². The zero-order valence-corrected chi connectivity index (χ0v) is 10.2. The summed E-state index contributed by atoms with van der Waals surface area (Å²) in [6.07, 6.45) is 1.68. The second-order valence-electron chi connectivity index (χ2n) is 2.82. The van der Waals surface area contributed by atoms with Crippen molar-refractivity contribution in [3.8, 4) is 5.82 Å². The van der Waals surface area contributed by atoms with E-state index in [-0.39, 0.29) is 0 Å². The van der Waals surface area contributed by atoms with Crippen LogP contribution in [0.4, 0.5) is 5.82 Å². The summed E-state index contributed by atoms with van der Waals surface area (Å²) in [7, 11) is 1.82. The fraction of sp³-hybridized carbons (Fsp3) is 0.111. The lowest BCUT2D eigenvalue weighted by atomic mass is 10.4. The molecule has 0 saturated carbocycles. The molecule has 0 fully saturated rings. The molecule has 2 rings (SSSR count). The van der Waals surface area contributed by atoms with E-state index in [9.17, 15) is 0 Å². The number of nitrogens with zero attached hydrogens (tertiary/aromatic N) is 3. The fourth-order valence-electron chi connectivity index (χ4n) is 1.22. The summed E-state index contributed by atoms with van der Waals surface area (Å²) in [6.45, 7) is 0. The molecule has 2 aromatic rings. The number of halogens is 2. The van der Waals surface area contributed by atoms with Crippen LogP contribution in [0.25, 0.3) is 5.82 Å². The summed E-state index contributed by atoms with van der Waals surface area (Å²) < 4.78 is 2.38. The number of nitrogens with one attached hydrogen (secondary N) is 1. The minimum Gasteiger partial charge on any atom is -0.373 e. The van der Waals surface area contributed by atoms with E-state index in [1.165, 1.54) is 0 Å². The summed E-state index contributed by atoms with van der Waals surface area (Å²) in [4.78, 5) is 4.18. The first kappa shape index (κ1) is 10.4. The van der Waals surface area contributed by atoms with Gasteiger partial charge in [-0.3, -0.25) is 0 Å². The van der Waals surface area contributed by atoms with E-state index in [1.807, 2.05) is 13.1 Å². The highest BCUT2D eigenvalue weighted by Gasteiger charge is 2.10.